The summed E-state index contributed by atoms with van der Waals surface area (Å²) in [5.41, 5.74) is 6.03. The Bertz CT molecular complexity index is 831. The maximum absolute atomic E-state index is 13.1. The molecule has 3 nitrogen and oxygen atoms in total. The number of likely N-dealkylation sites (tertiary alicyclic amines) is 1. The van der Waals surface area contributed by atoms with Gasteiger partial charge < -0.3 is 5.32 Å². The quantitative estimate of drug-likeness (QED) is 0.802. The summed E-state index contributed by atoms with van der Waals surface area (Å²) in [6.07, 6.45) is 1.93. The lowest BCUT2D eigenvalue weighted by Crippen LogP contribution is -2.43. The van der Waals surface area contributed by atoms with Crippen LogP contribution in [-0.2, 0) is 11.3 Å². The fraction of sp³-hybridized carbons (Fsp3) is 0.458. The predicted octanol–water partition coefficient (Wildman–Crippen LogP) is 4.84. The van der Waals surface area contributed by atoms with Crippen LogP contribution in [-0.4, -0.2) is 23.9 Å². The first-order valence-corrected chi connectivity index (χ1v) is 10.2. The molecule has 0 radical (unpaired) electrons. The van der Waals surface area contributed by atoms with Crippen molar-refractivity contribution in [3.63, 3.8) is 0 Å². The third-order valence-corrected chi connectivity index (χ3v) is 5.90. The summed E-state index contributed by atoms with van der Waals surface area (Å²) in [6, 6.07) is 11.0. The maximum Gasteiger partial charge on any atom is 0.224 e. The molecule has 2 atom stereocenters. The molecule has 150 valence electrons. The molecule has 1 saturated heterocycles. The number of amides is 1. The fourth-order valence-corrected chi connectivity index (χ4v) is 4.12. The van der Waals surface area contributed by atoms with Gasteiger partial charge in [0.1, 0.15) is 5.82 Å². The highest BCUT2D eigenvalue weighted by Gasteiger charge is 2.27. The van der Waals surface area contributed by atoms with Crippen LogP contribution in [0.4, 0.5) is 4.39 Å². The molecule has 1 amide bonds. The van der Waals surface area contributed by atoms with Crippen LogP contribution in [0, 0.1) is 32.5 Å². The van der Waals surface area contributed by atoms with Gasteiger partial charge in [0.2, 0.25) is 5.91 Å². The normalized spacial score (nSPS) is 18.7. The molecule has 1 heterocycles. The summed E-state index contributed by atoms with van der Waals surface area (Å²) < 4.78 is 13.1. The highest BCUT2D eigenvalue weighted by molar-refractivity contribution is 5.79. The van der Waals surface area contributed by atoms with Gasteiger partial charge >= 0.3 is 0 Å². The van der Waals surface area contributed by atoms with E-state index >= 15 is 0 Å². The molecule has 1 N–H and O–H groups in total. The number of rotatable bonds is 5. The Morgan fingerprint density at radius 3 is 2.54 bits per heavy atom. The molecule has 28 heavy (non-hydrogen) atoms. The molecule has 2 aromatic rings. The largest absolute Gasteiger partial charge is 0.349 e. The van der Waals surface area contributed by atoms with Gasteiger partial charge in [-0.05, 0) is 87.0 Å². The average Bonchev–Trinajstić information content (AvgIpc) is 2.66. The molecule has 0 unspecified atom stereocenters. The zero-order valence-corrected chi connectivity index (χ0v) is 17.4. The van der Waals surface area contributed by atoms with Crippen LogP contribution in [0.15, 0.2) is 36.4 Å². The fourth-order valence-electron chi connectivity index (χ4n) is 4.12. The van der Waals surface area contributed by atoms with E-state index in [0.717, 1.165) is 38.0 Å². The maximum atomic E-state index is 13.1. The van der Waals surface area contributed by atoms with Crippen molar-refractivity contribution in [2.75, 3.05) is 13.1 Å². The highest BCUT2D eigenvalue weighted by atomic mass is 19.1. The Balaban J connectivity index is 1.60. The number of nitrogens with one attached hydrogen (secondary N) is 1. The van der Waals surface area contributed by atoms with Crippen LogP contribution in [0.2, 0.25) is 0 Å². The lowest BCUT2D eigenvalue weighted by Gasteiger charge is -2.32. The molecular weight excluding hydrogens is 351 g/mol. The van der Waals surface area contributed by atoms with Crippen LogP contribution in [0.3, 0.4) is 0 Å². The first-order valence-electron chi connectivity index (χ1n) is 10.2. The summed E-state index contributed by atoms with van der Waals surface area (Å²) in [4.78, 5) is 15.2. The van der Waals surface area contributed by atoms with Gasteiger partial charge in [0, 0.05) is 13.1 Å². The summed E-state index contributed by atoms with van der Waals surface area (Å²) in [5, 5.41) is 3.23. The molecule has 0 aliphatic carbocycles. The number of benzene rings is 2. The summed E-state index contributed by atoms with van der Waals surface area (Å²) in [7, 11) is 0. The van der Waals surface area contributed by atoms with Crippen molar-refractivity contribution in [2.24, 2.45) is 5.92 Å². The smallest absolute Gasteiger partial charge is 0.224 e. The van der Waals surface area contributed by atoms with Gasteiger partial charge in [-0.15, -0.1) is 0 Å². The minimum Gasteiger partial charge on any atom is -0.349 e. The Kier molecular flexibility index (Phi) is 6.50. The second-order valence-corrected chi connectivity index (χ2v) is 8.22. The van der Waals surface area contributed by atoms with E-state index in [1.807, 2.05) is 12.1 Å². The highest BCUT2D eigenvalue weighted by Crippen LogP contribution is 2.24. The first kappa shape index (κ1) is 20.5. The third kappa shape index (κ3) is 4.99. The number of carbonyl (C=O) groups excluding carboxylic acids is 1. The van der Waals surface area contributed by atoms with Gasteiger partial charge in [0.15, 0.2) is 0 Å². The van der Waals surface area contributed by atoms with Crippen molar-refractivity contribution in [3.05, 3.63) is 70.0 Å². The van der Waals surface area contributed by atoms with Gasteiger partial charge in [-0.3, -0.25) is 9.69 Å². The first-order chi connectivity index (χ1) is 13.3. The predicted molar refractivity (Wildman–Crippen MR) is 112 cm³/mol. The Morgan fingerprint density at radius 1 is 1.14 bits per heavy atom. The molecule has 1 aliphatic rings. The standard InChI is InChI=1S/C24H31FN2O/c1-16-12-18(3)23(13-17(16)2)19(4)26-24(28)21-6-5-11-27(15-21)14-20-7-9-22(25)10-8-20/h7-10,12-13,19,21H,5-6,11,14-15H2,1-4H3,(H,26,28)/t19-,21-/m0/s1. The van der Waals surface area contributed by atoms with Crippen LogP contribution < -0.4 is 5.32 Å². The molecule has 3 rings (SSSR count). The van der Waals surface area contributed by atoms with E-state index in [0.29, 0.717) is 0 Å². The van der Waals surface area contributed by atoms with Crippen molar-refractivity contribution in [3.8, 4) is 0 Å². The second kappa shape index (κ2) is 8.87. The molecule has 1 fully saturated rings. The number of carbonyl (C=O) groups is 1. The molecule has 0 spiro atoms. The van der Waals surface area contributed by atoms with Crippen molar-refractivity contribution in [2.45, 2.75) is 53.1 Å². The monoisotopic (exact) mass is 382 g/mol. The van der Waals surface area contributed by atoms with Crippen LogP contribution in [0.1, 0.15) is 53.6 Å². The number of hydrogen-bond acceptors (Lipinski definition) is 2. The zero-order valence-electron chi connectivity index (χ0n) is 17.4. The van der Waals surface area contributed by atoms with E-state index < -0.39 is 0 Å². The van der Waals surface area contributed by atoms with Crippen molar-refractivity contribution in [1.82, 2.24) is 10.2 Å². The summed E-state index contributed by atoms with van der Waals surface area (Å²) in [6.45, 7) is 10.9. The molecule has 1 aliphatic heterocycles. The van der Waals surface area contributed by atoms with Gasteiger partial charge in [0.05, 0.1) is 12.0 Å². The van der Waals surface area contributed by atoms with E-state index in [-0.39, 0.29) is 23.7 Å². The number of halogens is 1. The average molecular weight is 383 g/mol. The number of piperidine rings is 1. The molecular formula is C24H31FN2O. The minimum atomic E-state index is -0.213. The Hall–Kier alpha value is -2.20. The number of nitrogens with zero attached hydrogens (tertiary/aromatic N) is 1. The molecule has 0 bridgehead atoms. The number of hydrogen-bond donors (Lipinski definition) is 1. The lowest BCUT2D eigenvalue weighted by molar-refractivity contribution is -0.127. The van der Waals surface area contributed by atoms with E-state index in [2.05, 4.69) is 50.0 Å². The minimum absolute atomic E-state index is 0.000671. The summed E-state index contributed by atoms with van der Waals surface area (Å²) >= 11 is 0. The summed E-state index contributed by atoms with van der Waals surface area (Å²) in [5.74, 6) is -0.0762. The number of aryl methyl sites for hydroxylation is 3. The van der Waals surface area contributed by atoms with E-state index in [1.165, 1.54) is 34.4 Å². The SMILES string of the molecule is Cc1cc(C)c([C@H](C)NC(=O)[C@H]2CCCN(Cc3ccc(F)cc3)C2)cc1C. The van der Waals surface area contributed by atoms with Crippen molar-refractivity contribution in [1.29, 1.82) is 0 Å². The van der Waals surface area contributed by atoms with Crippen molar-refractivity contribution < 1.29 is 9.18 Å². The van der Waals surface area contributed by atoms with E-state index in [4.69, 9.17) is 0 Å². The lowest BCUT2D eigenvalue weighted by atomic mass is 9.94. The second-order valence-electron chi connectivity index (χ2n) is 8.22. The zero-order chi connectivity index (χ0) is 20.3. The van der Waals surface area contributed by atoms with Crippen LogP contribution in [0.5, 0.6) is 0 Å². The molecule has 0 saturated carbocycles. The van der Waals surface area contributed by atoms with Gasteiger partial charge in [-0.1, -0.05) is 24.3 Å². The van der Waals surface area contributed by atoms with Gasteiger partial charge in [0.25, 0.3) is 0 Å². The van der Waals surface area contributed by atoms with E-state index in [1.54, 1.807) is 0 Å². The molecule has 4 heteroatoms. The Labute approximate surface area is 167 Å². The van der Waals surface area contributed by atoms with Crippen molar-refractivity contribution >= 4 is 5.91 Å². The van der Waals surface area contributed by atoms with Crippen LogP contribution in [0.25, 0.3) is 0 Å². The van der Waals surface area contributed by atoms with E-state index in [9.17, 15) is 9.18 Å². The topological polar surface area (TPSA) is 32.3 Å². The molecule has 0 aromatic heterocycles. The van der Waals surface area contributed by atoms with Gasteiger partial charge in [-0.2, -0.15) is 0 Å². The third-order valence-electron chi connectivity index (χ3n) is 5.90. The van der Waals surface area contributed by atoms with Gasteiger partial charge in [-0.25, -0.2) is 4.39 Å². The molecule has 2 aromatic carbocycles. The Morgan fingerprint density at radius 2 is 1.82 bits per heavy atom. The van der Waals surface area contributed by atoms with Crippen LogP contribution >= 0.6 is 0 Å².